The van der Waals surface area contributed by atoms with E-state index in [0.717, 1.165) is 0 Å². The lowest BCUT2D eigenvalue weighted by Crippen LogP contribution is -2.41. The molecule has 5 nitrogen and oxygen atoms in total. The van der Waals surface area contributed by atoms with Gasteiger partial charge in [-0.1, -0.05) is 0 Å². The van der Waals surface area contributed by atoms with Crippen LogP contribution in [0, 0.1) is 10.8 Å². The van der Waals surface area contributed by atoms with Crippen molar-refractivity contribution in [1.82, 2.24) is 0 Å². The molecule has 0 unspecified atom stereocenters. The molecule has 0 saturated heterocycles. The van der Waals surface area contributed by atoms with E-state index in [1.165, 1.54) is 0 Å². The van der Waals surface area contributed by atoms with E-state index >= 15 is 0 Å². The van der Waals surface area contributed by atoms with Crippen molar-refractivity contribution in [3.8, 4) is 0 Å². The van der Waals surface area contributed by atoms with Gasteiger partial charge >= 0.3 is 11.9 Å². The van der Waals surface area contributed by atoms with Crippen LogP contribution in [-0.4, -0.2) is 33.4 Å². The Hall–Kier alpha value is -1.10. The zero-order valence-electron chi connectivity index (χ0n) is 7.56. The molecule has 0 aliphatic heterocycles. The molecule has 2 fully saturated rings. The highest BCUT2D eigenvalue weighted by atomic mass is 16.4. The quantitative estimate of drug-likeness (QED) is 0.597. The minimum Gasteiger partial charge on any atom is -0.481 e. The minimum absolute atomic E-state index is 0.387. The lowest BCUT2D eigenvalue weighted by molar-refractivity contribution is -0.158. The summed E-state index contributed by atoms with van der Waals surface area (Å²) in [5.74, 6) is -2.14. The molecule has 0 amide bonds. The SMILES string of the molecule is O=C(O)C1(C(O)C2(C(=O)O)CC2)CC1. The lowest BCUT2D eigenvalue weighted by atomic mass is 9.85. The fraction of sp³-hybridized carbons (Fsp3) is 0.778. The molecule has 2 aliphatic rings. The molecule has 78 valence electrons. The van der Waals surface area contributed by atoms with Crippen LogP contribution in [0.1, 0.15) is 25.7 Å². The second-order valence-corrected chi connectivity index (χ2v) is 4.33. The molecule has 0 radical (unpaired) electrons. The Morgan fingerprint density at radius 2 is 1.21 bits per heavy atom. The Balaban J connectivity index is 2.20. The molecule has 2 rings (SSSR count). The summed E-state index contributed by atoms with van der Waals surface area (Å²) in [5.41, 5.74) is -2.34. The van der Waals surface area contributed by atoms with Crippen molar-refractivity contribution in [3.05, 3.63) is 0 Å². The van der Waals surface area contributed by atoms with Gasteiger partial charge in [0.05, 0.1) is 16.9 Å². The molecule has 0 aromatic carbocycles. The Bertz CT molecular complexity index is 270. The molecule has 2 saturated carbocycles. The zero-order chi connectivity index (χ0) is 10.6. The van der Waals surface area contributed by atoms with Gasteiger partial charge in [0, 0.05) is 0 Å². The van der Waals surface area contributed by atoms with Crippen LogP contribution in [-0.2, 0) is 9.59 Å². The first-order valence-electron chi connectivity index (χ1n) is 4.61. The largest absolute Gasteiger partial charge is 0.481 e. The van der Waals surface area contributed by atoms with Crippen LogP contribution in [0.15, 0.2) is 0 Å². The predicted molar refractivity (Wildman–Crippen MR) is 44.6 cm³/mol. The molecular weight excluding hydrogens is 188 g/mol. The number of carboxylic acids is 2. The Labute approximate surface area is 80.4 Å². The molecule has 0 atom stereocenters. The summed E-state index contributed by atoms with van der Waals surface area (Å²) in [5, 5.41) is 27.6. The summed E-state index contributed by atoms with van der Waals surface area (Å²) in [7, 11) is 0. The van der Waals surface area contributed by atoms with Crippen molar-refractivity contribution >= 4 is 11.9 Å². The number of hydrogen-bond acceptors (Lipinski definition) is 3. The van der Waals surface area contributed by atoms with Gasteiger partial charge in [-0.3, -0.25) is 9.59 Å². The Kier molecular flexibility index (Phi) is 1.67. The highest BCUT2D eigenvalue weighted by Crippen LogP contribution is 2.61. The van der Waals surface area contributed by atoms with E-state index in [0.29, 0.717) is 25.7 Å². The standard InChI is InChI=1S/C9H12O5/c10-5(8(1-2-8)6(11)12)9(3-4-9)7(13)14/h5,10H,1-4H2,(H,11,12)(H,13,14). The van der Waals surface area contributed by atoms with Crippen molar-refractivity contribution in [1.29, 1.82) is 0 Å². The van der Waals surface area contributed by atoms with Crippen molar-refractivity contribution in [2.75, 3.05) is 0 Å². The molecule has 3 N–H and O–H groups in total. The molecule has 2 aliphatic carbocycles. The van der Waals surface area contributed by atoms with Crippen molar-refractivity contribution < 1.29 is 24.9 Å². The topological polar surface area (TPSA) is 94.8 Å². The zero-order valence-corrected chi connectivity index (χ0v) is 7.56. The molecule has 0 aromatic heterocycles. The predicted octanol–water partition coefficient (Wildman–Crippen LogP) is 0.0769. The van der Waals surface area contributed by atoms with Crippen LogP contribution in [0.25, 0.3) is 0 Å². The van der Waals surface area contributed by atoms with Crippen molar-refractivity contribution in [3.63, 3.8) is 0 Å². The van der Waals surface area contributed by atoms with Crippen LogP contribution in [0.5, 0.6) is 0 Å². The third kappa shape index (κ3) is 0.987. The number of carboxylic acid groups (broad SMARTS) is 2. The van der Waals surface area contributed by atoms with Crippen molar-refractivity contribution in [2.24, 2.45) is 10.8 Å². The van der Waals surface area contributed by atoms with Gasteiger partial charge in [0.25, 0.3) is 0 Å². The maximum Gasteiger partial charge on any atom is 0.312 e. The smallest absolute Gasteiger partial charge is 0.312 e. The molecule has 5 heteroatoms. The summed E-state index contributed by atoms with van der Waals surface area (Å²) in [6.45, 7) is 0. The van der Waals surface area contributed by atoms with Crippen LogP contribution >= 0.6 is 0 Å². The van der Waals surface area contributed by atoms with Gasteiger partial charge in [0.1, 0.15) is 0 Å². The average molecular weight is 200 g/mol. The number of aliphatic hydroxyl groups excluding tert-OH is 1. The lowest BCUT2D eigenvalue weighted by Gasteiger charge is -2.23. The number of rotatable bonds is 4. The average Bonchev–Trinajstić information content (AvgIpc) is 3.00. The summed E-state index contributed by atoms with van der Waals surface area (Å²) < 4.78 is 0. The van der Waals surface area contributed by atoms with Gasteiger partial charge in [-0.25, -0.2) is 0 Å². The number of carbonyl (C=O) groups is 2. The third-order valence-corrected chi connectivity index (χ3v) is 3.48. The monoisotopic (exact) mass is 200 g/mol. The maximum absolute atomic E-state index is 10.9. The molecule has 0 spiro atoms. The molecule has 0 heterocycles. The minimum atomic E-state index is -1.23. The summed E-state index contributed by atoms with van der Waals surface area (Å²) in [6, 6.07) is 0. The first-order valence-corrected chi connectivity index (χ1v) is 4.61. The fourth-order valence-electron chi connectivity index (χ4n) is 2.01. The van der Waals surface area contributed by atoms with E-state index in [9.17, 15) is 14.7 Å². The number of hydrogen-bond donors (Lipinski definition) is 3. The highest BCUT2D eigenvalue weighted by molar-refractivity contribution is 5.84. The van der Waals surface area contributed by atoms with Gasteiger partial charge in [-0.15, -0.1) is 0 Å². The fourth-order valence-corrected chi connectivity index (χ4v) is 2.01. The first-order chi connectivity index (χ1) is 6.46. The van der Waals surface area contributed by atoms with E-state index in [-0.39, 0.29) is 0 Å². The van der Waals surface area contributed by atoms with Crippen molar-refractivity contribution in [2.45, 2.75) is 31.8 Å². The number of aliphatic hydroxyl groups is 1. The first kappa shape index (κ1) is 9.45. The van der Waals surface area contributed by atoms with Gasteiger partial charge in [0.2, 0.25) is 0 Å². The normalized spacial score (nSPS) is 25.9. The second kappa shape index (κ2) is 2.48. The number of aliphatic carboxylic acids is 2. The van der Waals surface area contributed by atoms with Crippen LogP contribution in [0.3, 0.4) is 0 Å². The molecule has 14 heavy (non-hydrogen) atoms. The highest BCUT2D eigenvalue weighted by Gasteiger charge is 2.69. The van der Waals surface area contributed by atoms with E-state index < -0.39 is 28.9 Å². The second-order valence-electron chi connectivity index (χ2n) is 4.33. The molecule has 0 bridgehead atoms. The van der Waals surface area contributed by atoms with E-state index in [4.69, 9.17) is 10.2 Å². The third-order valence-electron chi connectivity index (χ3n) is 3.48. The van der Waals surface area contributed by atoms with E-state index in [1.807, 2.05) is 0 Å². The molecular formula is C9H12O5. The van der Waals surface area contributed by atoms with Gasteiger partial charge in [-0.05, 0) is 25.7 Å². The van der Waals surface area contributed by atoms with Crippen LogP contribution in [0.4, 0.5) is 0 Å². The van der Waals surface area contributed by atoms with Gasteiger partial charge in [0.15, 0.2) is 0 Å². The summed E-state index contributed by atoms with van der Waals surface area (Å²) in [6.07, 6.45) is 0.318. The maximum atomic E-state index is 10.9. The Morgan fingerprint density at radius 3 is 1.36 bits per heavy atom. The summed E-state index contributed by atoms with van der Waals surface area (Å²) >= 11 is 0. The van der Waals surface area contributed by atoms with Gasteiger partial charge in [-0.2, -0.15) is 0 Å². The van der Waals surface area contributed by atoms with E-state index in [2.05, 4.69) is 0 Å². The van der Waals surface area contributed by atoms with E-state index in [1.54, 1.807) is 0 Å². The molecule has 0 aromatic rings. The van der Waals surface area contributed by atoms with Crippen LogP contribution < -0.4 is 0 Å². The Morgan fingerprint density at radius 1 is 0.929 bits per heavy atom. The van der Waals surface area contributed by atoms with Gasteiger partial charge < -0.3 is 15.3 Å². The summed E-state index contributed by atoms with van der Waals surface area (Å²) in [4.78, 5) is 21.7. The van der Waals surface area contributed by atoms with Crippen LogP contribution in [0.2, 0.25) is 0 Å².